The molecule has 1 saturated carbocycles. The van der Waals surface area contributed by atoms with Gasteiger partial charge in [-0.25, -0.2) is 4.79 Å². The monoisotopic (exact) mass is 419 g/mol. The predicted molar refractivity (Wildman–Crippen MR) is 117 cm³/mol. The number of aliphatic hydroxyl groups is 1. The second kappa shape index (κ2) is 7.35. The van der Waals surface area contributed by atoms with Crippen LogP contribution in [-0.4, -0.2) is 53.6 Å². The standard InChI is InChI=1S/C26H29NO4/c28-25(27-18-12-26(29,17-6-5-7-17)13-19(27)15-30-14-18)31-16-24-22-10-3-1-8-20(22)21-9-2-4-11-23(21)24/h1-4,8-11,17-19,24,29H,5-7,12-16H2. The zero-order chi connectivity index (χ0) is 21.0. The average Bonchev–Trinajstić information content (AvgIpc) is 3.04. The number of amides is 1. The summed E-state index contributed by atoms with van der Waals surface area (Å²) < 4.78 is 11.7. The number of carbonyl (C=O) groups is 1. The summed E-state index contributed by atoms with van der Waals surface area (Å²) >= 11 is 0. The van der Waals surface area contributed by atoms with Crippen LogP contribution < -0.4 is 0 Å². The molecular weight excluding hydrogens is 390 g/mol. The van der Waals surface area contributed by atoms with Gasteiger partial charge in [0.2, 0.25) is 0 Å². The maximum Gasteiger partial charge on any atom is 0.410 e. The molecule has 0 radical (unpaired) electrons. The third-order valence-corrected chi connectivity index (χ3v) is 8.00. The fourth-order valence-electron chi connectivity index (χ4n) is 6.26. The van der Waals surface area contributed by atoms with Crippen molar-refractivity contribution in [2.75, 3.05) is 19.8 Å². The van der Waals surface area contributed by atoms with Gasteiger partial charge in [0, 0.05) is 5.92 Å². The van der Waals surface area contributed by atoms with E-state index in [1.165, 1.54) is 28.7 Å². The summed E-state index contributed by atoms with van der Waals surface area (Å²) in [7, 11) is 0. The SMILES string of the molecule is O=C(OCC1c2ccccc2-c2ccccc21)N1C2COCC1CC(O)(C1CCC1)C2. The van der Waals surface area contributed by atoms with Gasteiger partial charge < -0.3 is 14.6 Å². The summed E-state index contributed by atoms with van der Waals surface area (Å²) in [6.07, 6.45) is 4.32. The lowest BCUT2D eigenvalue weighted by Crippen LogP contribution is -2.65. The highest BCUT2D eigenvalue weighted by Crippen LogP contribution is 2.47. The number of nitrogens with zero attached hydrogens (tertiary/aromatic N) is 1. The van der Waals surface area contributed by atoms with Gasteiger partial charge in [-0.2, -0.15) is 0 Å². The second-order valence-electron chi connectivity index (χ2n) is 9.70. The zero-order valence-electron chi connectivity index (χ0n) is 17.7. The predicted octanol–water partition coefficient (Wildman–Crippen LogP) is 4.33. The maximum atomic E-state index is 13.2. The number of carbonyl (C=O) groups excluding carboxylic acids is 1. The molecule has 2 unspecified atom stereocenters. The number of rotatable bonds is 3. The smallest absolute Gasteiger partial charge is 0.410 e. The van der Waals surface area contributed by atoms with Crippen LogP contribution in [0.15, 0.2) is 48.5 Å². The molecule has 4 aliphatic rings. The lowest BCUT2D eigenvalue weighted by molar-refractivity contribution is -0.163. The van der Waals surface area contributed by atoms with E-state index in [1.807, 2.05) is 17.0 Å². The van der Waals surface area contributed by atoms with Crippen LogP contribution in [0, 0.1) is 5.92 Å². The molecule has 2 aliphatic heterocycles. The lowest BCUT2D eigenvalue weighted by Gasteiger charge is -2.54. The quantitative estimate of drug-likeness (QED) is 0.805. The average molecular weight is 420 g/mol. The van der Waals surface area contributed by atoms with Gasteiger partial charge in [0.25, 0.3) is 0 Å². The summed E-state index contributed by atoms with van der Waals surface area (Å²) in [6, 6.07) is 16.6. The minimum Gasteiger partial charge on any atom is -0.448 e. The molecule has 6 rings (SSSR count). The van der Waals surface area contributed by atoms with Gasteiger partial charge in [0.05, 0.1) is 30.9 Å². The Morgan fingerprint density at radius 3 is 2.13 bits per heavy atom. The molecule has 2 atom stereocenters. The third kappa shape index (κ3) is 3.09. The Hall–Kier alpha value is -2.37. The van der Waals surface area contributed by atoms with Gasteiger partial charge in [-0.3, -0.25) is 4.90 Å². The molecule has 3 fully saturated rings. The van der Waals surface area contributed by atoms with Gasteiger partial charge in [-0.1, -0.05) is 55.0 Å². The first-order valence-corrected chi connectivity index (χ1v) is 11.6. The molecule has 0 spiro atoms. The molecule has 31 heavy (non-hydrogen) atoms. The van der Waals surface area contributed by atoms with E-state index in [9.17, 15) is 9.90 Å². The number of fused-ring (bicyclic) bond motifs is 5. The number of morpholine rings is 1. The van der Waals surface area contributed by atoms with Crippen LogP contribution in [0.3, 0.4) is 0 Å². The molecule has 2 aromatic carbocycles. The summed E-state index contributed by atoms with van der Waals surface area (Å²) in [6.45, 7) is 1.29. The first-order valence-electron chi connectivity index (χ1n) is 11.6. The van der Waals surface area contributed by atoms with Crippen LogP contribution in [0.4, 0.5) is 4.79 Å². The number of piperidine rings is 1. The van der Waals surface area contributed by atoms with E-state index in [0.717, 1.165) is 12.8 Å². The molecular formula is C26H29NO4. The Bertz CT molecular complexity index is 941. The second-order valence-corrected chi connectivity index (χ2v) is 9.70. The highest BCUT2D eigenvalue weighted by molar-refractivity contribution is 5.79. The van der Waals surface area contributed by atoms with E-state index in [4.69, 9.17) is 9.47 Å². The highest BCUT2D eigenvalue weighted by Gasteiger charge is 2.52. The lowest BCUT2D eigenvalue weighted by atomic mass is 9.65. The van der Waals surface area contributed by atoms with Crippen LogP contribution in [0.25, 0.3) is 11.1 Å². The van der Waals surface area contributed by atoms with Crippen molar-refractivity contribution in [3.05, 3.63) is 59.7 Å². The Balaban J connectivity index is 1.19. The molecule has 162 valence electrons. The van der Waals surface area contributed by atoms with E-state index >= 15 is 0 Å². The Labute approximate surface area is 183 Å². The van der Waals surface area contributed by atoms with Crippen molar-refractivity contribution in [2.24, 2.45) is 5.92 Å². The van der Waals surface area contributed by atoms with Gasteiger partial charge in [0.1, 0.15) is 6.61 Å². The fourth-order valence-corrected chi connectivity index (χ4v) is 6.26. The first kappa shape index (κ1) is 19.3. The Morgan fingerprint density at radius 2 is 1.58 bits per heavy atom. The zero-order valence-corrected chi connectivity index (χ0v) is 17.7. The minimum absolute atomic E-state index is 0.0594. The van der Waals surface area contributed by atoms with Crippen molar-refractivity contribution < 1.29 is 19.4 Å². The van der Waals surface area contributed by atoms with Crippen molar-refractivity contribution in [3.8, 4) is 11.1 Å². The van der Waals surface area contributed by atoms with Crippen molar-refractivity contribution >= 4 is 6.09 Å². The van der Waals surface area contributed by atoms with Crippen molar-refractivity contribution in [1.29, 1.82) is 0 Å². The van der Waals surface area contributed by atoms with Gasteiger partial charge in [-0.15, -0.1) is 0 Å². The van der Waals surface area contributed by atoms with Crippen LogP contribution in [0.2, 0.25) is 0 Å². The summed E-state index contributed by atoms with van der Waals surface area (Å²) in [5, 5.41) is 11.3. The number of benzene rings is 2. The molecule has 1 N–H and O–H groups in total. The molecule has 2 bridgehead atoms. The molecule has 0 aromatic heterocycles. The first-order chi connectivity index (χ1) is 15.1. The maximum absolute atomic E-state index is 13.2. The van der Waals surface area contributed by atoms with Crippen molar-refractivity contribution in [1.82, 2.24) is 4.90 Å². The van der Waals surface area contributed by atoms with E-state index in [-0.39, 0.29) is 24.1 Å². The van der Waals surface area contributed by atoms with E-state index in [0.29, 0.717) is 38.6 Å². The van der Waals surface area contributed by atoms with Crippen LogP contribution in [0.1, 0.15) is 49.1 Å². The molecule has 5 heteroatoms. The number of hydrogen-bond acceptors (Lipinski definition) is 4. The molecule has 1 amide bonds. The van der Waals surface area contributed by atoms with E-state index in [2.05, 4.69) is 36.4 Å². The van der Waals surface area contributed by atoms with Crippen LogP contribution >= 0.6 is 0 Å². The third-order valence-electron chi connectivity index (χ3n) is 8.00. The van der Waals surface area contributed by atoms with E-state index in [1.54, 1.807) is 0 Å². The van der Waals surface area contributed by atoms with Gasteiger partial charge in [-0.05, 0) is 53.9 Å². The molecule has 2 aliphatic carbocycles. The number of hydrogen-bond donors (Lipinski definition) is 1. The van der Waals surface area contributed by atoms with E-state index < -0.39 is 5.60 Å². The van der Waals surface area contributed by atoms with Gasteiger partial charge in [0.15, 0.2) is 0 Å². The molecule has 2 heterocycles. The van der Waals surface area contributed by atoms with Crippen molar-refractivity contribution in [3.63, 3.8) is 0 Å². The largest absolute Gasteiger partial charge is 0.448 e. The normalized spacial score (nSPS) is 29.8. The van der Waals surface area contributed by atoms with Crippen LogP contribution in [-0.2, 0) is 9.47 Å². The van der Waals surface area contributed by atoms with Gasteiger partial charge >= 0.3 is 6.09 Å². The molecule has 2 saturated heterocycles. The van der Waals surface area contributed by atoms with Crippen LogP contribution in [0.5, 0.6) is 0 Å². The molecule has 5 nitrogen and oxygen atoms in total. The summed E-state index contributed by atoms with van der Waals surface area (Å²) in [4.78, 5) is 15.1. The molecule has 2 aromatic rings. The summed E-state index contributed by atoms with van der Waals surface area (Å²) in [5.74, 6) is 0.435. The topological polar surface area (TPSA) is 59.0 Å². The minimum atomic E-state index is -0.655. The summed E-state index contributed by atoms with van der Waals surface area (Å²) in [5.41, 5.74) is 4.24. The highest BCUT2D eigenvalue weighted by atomic mass is 16.6. The number of ether oxygens (including phenoxy) is 2. The van der Waals surface area contributed by atoms with Crippen molar-refractivity contribution in [2.45, 2.75) is 55.7 Å². The Morgan fingerprint density at radius 1 is 1.00 bits per heavy atom. The fraction of sp³-hybridized carbons (Fsp3) is 0.500. The Kier molecular flexibility index (Phi) is 4.58.